The number of halogens is 2. The summed E-state index contributed by atoms with van der Waals surface area (Å²) in [6.07, 6.45) is 0. The number of ether oxygens (including phenoxy) is 2. The molecule has 0 amide bonds. The molecule has 14 heavy (non-hydrogen) atoms. The van der Waals surface area contributed by atoms with Crippen LogP contribution in [0.2, 0.25) is 6.04 Å². The minimum absolute atomic E-state index is 0.184. The van der Waals surface area contributed by atoms with E-state index in [1.165, 1.54) is 0 Å². The molecule has 3 nitrogen and oxygen atoms in total. The normalized spacial score (nSPS) is 12.9. The molecule has 0 unspecified atom stereocenters. The van der Waals surface area contributed by atoms with Gasteiger partial charge in [0.05, 0.1) is 0 Å². The molecule has 0 aliphatic carbocycles. The third kappa shape index (κ3) is 5.53. The minimum atomic E-state index is -1.04. The lowest BCUT2D eigenvalue weighted by atomic mass is 10.6. The van der Waals surface area contributed by atoms with Crippen molar-refractivity contribution >= 4 is 33.0 Å². The van der Waals surface area contributed by atoms with Crippen molar-refractivity contribution < 1.29 is 13.9 Å². The Bertz CT molecular complexity index is 132. The summed E-state index contributed by atoms with van der Waals surface area (Å²) in [5, 5.41) is 0. The zero-order valence-corrected chi connectivity index (χ0v) is 11.6. The van der Waals surface area contributed by atoms with Crippen molar-refractivity contribution in [3.8, 4) is 0 Å². The van der Waals surface area contributed by atoms with E-state index in [-0.39, 0.29) is 5.88 Å². The van der Waals surface area contributed by atoms with Crippen molar-refractivity contribution in [1.29, 1.82) is 0 Å². The van der Waals surface area contributed by atoms with Crippen LogP contribution in [0.4, 0.5) is 0 Å². The van der Waals surface area contributed by atoms with Gasteiger partial charge in [-0.05, 0) is 19.9 Å². The molecule has 0 aliphatic heterocycles. The van der Waals surface area contributed by atoms with E-state index in [1.54, 1.807) is 0 Å². The van der Waals surface area contributed by atoms with Gasteiger partial charge < -0.3 is 13.9 Å². The average Bonchev–Trinajstić information content (AvgIpc) is 2.19. The Balaban J connectivity index is 4.03. The number of rotatable bonds is 9. The minimum Gasteiger partial charge on any atom is -0.375 e. The highest BCUT2D eigenvalue weighted by atomic mass is 35.5. The lowest BCUT2D eigenvalue weighted by Crippen LogP contribution is -2.42. The predicted molar refractivity (Wildman–Crippen MR) is 61.9 cm³/mol. The molecule has 0 aromatic rings. The molecule has 0 bridgehead atoms. The lowest BCUT2D eigenvalue weighted by Gasteiger charge is -2.31. The zero-order valence-electron chi connectivity index (χ0n) is 8.72. The molecule has 0 spiro atoms. The van der Waals surface area contributed by atoms with Crippen LogP contribution < -0.4 is 0 Å². The molecule has 0 rings (SSSR count). The first-order chi connectivity index (χ1) is 6.74. The summed E-state index contributed by atoms with van der Waals surface area (Å²) >= 11 is 11.3. The van der Waals surface area contributed by atoms with Crippen molar-refractivity contribution in [3.63, 3.8) is 0 Å². The second-order valence-corrected chi connectivity index (χ2v) is 4.62. The topological polar surface area (TPSA) is 27.7 Å². The number of hydrogen-bond donors (Lipinski definition) is 0. The number of alkyl halides is 2. The van der Waals surface area contributed by atoms with E-state index in [1.807, 2.05) is 13.8 Å². The van der Waals surface area contributed by atoms with Crippen LogP contribution in [0.25, 0.3) is 0 Å². The molecule has 0 fully saturated rings. The van der Waals surface area contributed by atoms with E-state index in [2.05, 4.69) is 0 Å². The van der Waals surface area contributed by atoms with E-state index in [0.29, 0.717) is 19.1 Å². The molecule has 0 aliphatic rings. The maximum Gasteiger partial charge on any atom is 0.287 e. The Morgan fingerprint density at radius 3 is 2.07 bits per heavy atom. The lowest BCUT2D eigenvalue weighted by molar-refractivity contribution is -0.327. The third-order valence-corrected chi connectivity index (χ3v) is 3.82. The molecule has 0 saturated carbocycles. The maximum absolute atomic E-state index is 5.78. The Kier molecular flexibility index (Phi) is 9.38. The molecular weight excluding hydrogens is 243 g/mol. The van der Waals surface area contributed by atoms with Gasteiger partial charge in [-0.15, -0.1) is 23.2 Å². The molecule has 86 valence electrons. The van der Waals surface area contributed by atoms with Crippen LogP contribution in [0.1, 0.15) is 13.8 Å². The largest absolute Gasteiger partial charge is 0.375 e. The molecule has 0 N–H and O–H groups in total. The number of hydrogen-bond acceptors (Lipinski definition) is 3. The third-order valence-electron chi connectivity index (χ3n) is 1.49. The van der Waals surface area contributed by atoms with E-state index in [9.17, 15) is 0 Å². The smallest absolute Gasteiger partial charge is 0.287 e. The van der Waals surface area contributed by atoms with Crippen LogP contribution in [0.5, 0.6) is 0 Å². The summed E-state index contributed by atoms with van der Waals surface area (Å²) in [5.41, 5.74) is 0. The highest BCUT2D eigenvalue weighted by molar-refractivity contribution is 6.31. The van der Waals surface area contributed by atoms with E-state index < -0.39 is 15.7 Å². The predicted octanol–water partition coefficient (Wildman–Crippen LogP) is 1.71. The second kappa shape index (κ2) is 8.94. The van der Waals surface area contributed by atoms with Crippen LogP contribution in [-0.2, 0) is 13.9 Å². The van der Waals surface area contributed by atoms with Crippen LogP contribution in [0, 0.1) is 0 Å². The average molecular weight is 261 g/mol. The van der Waals surface area contributed by atoms with Crippen LogP contribution >= 0.6 is 23.2 Å². The fraction of sp³-hybridized carbons (Fsp3) is 1.00. The SMILES string of the molecule is CCOC(CCl)(OCC)O[SiH2]CCCl. The zero-order chi connectivity index (χ0) is 10.9. The molecule has 6 heteroatoms. The fourth-order valence-corrected chi connectivity index (χ4v) is 2.48. The van der Waals surface area contributed by atoms with Gasteiger partial charge in [0, 0.05) is 19.1 Å². The highest BCUT2D eigenvalue weighted by Crippen LogP contribution is 2.17. The summed E-state index contributed by atoms with van der Waals surface area (Å²) in [6.45, 7) is 4.80. The van der Waals surface area contributed by atoms with Crippen molar-refractivity contribution in [2.24, 2.45) is 0 Å². The van der Waals surface area contributed by atoms with Crippen molar-refractivity contribution in [1.82, 2.24) is 0 Å². The highest BCUT2D eigenvalue weighted by Gasteiger charge is 2.31. The van der Waals surface area contributed by atoms with Crippen molar-refractivity contribution in [2.45, 2.75) is 25.9 Å². The standard InChI is InChI=1S/C8H18Cl2O3Si/c1-3-11-8(7-10,12-4-2)13-14-6-5-9/h3-7,14H2,1-2H3. The van der Waals surface area contributed by atoms with E-state index in [4.69, 9.17) is 37.1 Å². The first kappa shape index (κ1) is 14.7. The van der Waals surface area contributed by atoms with Gasteiger partial charge in [-0.1, -0.05) is 0 Å². The molecule has 0 aromatic heterocycles. The van der Waals surface area contributed by atoms with Gasteiger partial charge in [-0.3, -0.25) is 0 Å². The maximum atomic E-state index is 5.78. The van der Waals surface area contributed by atoms with Gasteiger partial charge in [0.25, 0.3) is 5.97 Å². The van der Waals surface area contributed by atoms with Gasteiger partial charge in [0.15, 0.2) is 9.76 Å². The monoisotopic (exact) mass is 260 g/mol. The van der Waals surface area contributed by atoms with Gasteiger partial charge in [-0.2, -0.15) is 0 Å². The summed E-state index contributed by atoms with van der Waals surface area (Å²) in [5.74, 6) is -0.240. The Hall–Kier alpha value is 0.677. The van der Waals surface area contributed by atoms with Crippen LogP contribution in [0.15, 0.2) is 0 Å². The second-order valence-electron chi connectivity index (χ2n) is 2.57. The fourth-order valence-electron chi connectivity index (χ4n) is 0.963. The first-order valence-corrected chi connectivity index (χ1v) is 7.43. The Morgan fingerprint density at radius 1 is 1.14 bits per heavy atom. The Morgan fingerprint density at radius 2 is 1.71 bits per heavy atom. The summed E-state index contributed by atoms with van der Waals surface area (Å²) in [7, 11) is -0.711. The summed E-state index contributed by atoms with van der Waals surface area (Å²) in [4.78, 5) is 0. The van der Waals surface area contributed by atoms with Gasteiger partial charge in [0.1, 0.15) is 5.88 Å². The van der Waals surface area contributed by atoms with Gasteiger partial charge in [0.2, 0.25) is 0 Å². The van der Waals surface area contributed by atoms with E-state index >= 15 is 0 Å². The quantitative estimate of drug-likeness (QED) is 0.274. The van der Waals surface area contributed by atoms with E-state index in [0.717, 1.165) is 6.04 Å². The summed E-state index contributed by atoms with van der Waals surface area (Å²) in [6, 6.07) is 0.889. The first-order valence-electron chi connectivity index (χ1n) is 4.78. The van der Waals surface area contributed by atoms with Crippen LogP contribution in [-0.4, -0.2) is 40.7 Å². The molecule has 0 saturated heterocycles. The molecule has 0 atom stereocenters. The molecule has 0 aromatic carbocycles. The molecule has 0 heterocycles. The van der Waals surface area contributed by atoms with Gasteiger partial charge >= 0.3 is 0 Å². The molecular formula is C8H18Cl2O3Si. The van der Waals surface area contributed by atoms with Crippen molar-refractivity contribution in [3.05, 3.63) is 0 Å². The van der Waals surface area contributed by atoms with Crippen molar-refractivity contribution in [2.75, 3.05) is 25.0 Å². The molecule has 0 radical (unpaired) electrons. The Labute approximate surface area is 97.9 Å². The van der Waals surface area contributed by atoms with Gasteiger partial charge in [-0.25, -0.2) is 0 Å². The summed E-state index contributed by atoms with van der Waals surface area (Å²) < 4.78 is 16.3. The van der Waals surface area contributed by atoms with Crippen LogP contribution in [0.3, 0.4) is 0 Å².